The molecule has 4 rings (SSSR count). The first-order chi connectivity index (χ1) is 14.6. The molecule has 0 bridgehead atoms. The molecule has 0 aromatic heterocycles. The van der Waals surface area contributed by atoms with E-state index in [-0.39, 0.29) is 29.4 Å². The van der Waals surface area contributed by atoms with Gasteiger partial charge in [0, 0.05) is 11.6 Å². The number of thioether (sulfide) groups is 1. The molecule has 0 radical (unpaired) electrons. The van der Waals surface area contributed by atoms with Crippen LogP contribution >= 0.6 is 35.8 Å². The summed E-state index contributed by atoms with van der Waals surface area (Å²) in [6, 6.07) is 18.5. The van der Waals surface area contributed by atoms with Crippen LogP contribution in [-0.4, -0.2) is 39.8 Å². The minimum absolute atomic E-state index is 0. The SMILES string of the molecule is Cl.NC1C(=O)N2C(C(=O)OC(c3ccccc3)c3ccccc3)=C(/C=C\CCl)CS[C@H]12. The molecule has 0 aliphatic carbocycles. The molecular formula is C23H22Cl2N2O3S. The number of halogens is 2. The highest BCUT2D eigenvalue weighted by molar-refractivity contribution is 8.00. The van der Waals surface area contributed by atoms with E-state index in [4.69, 9.17) is 22.1 Å². The molecule has 1 fully saturated rings. The Morgan fingerprint density at radius 2 is 1.74 bits per heavy atom. The van der Waals surface area contributed by atoms with Crippen LogP contribution < -0.4 is 5.73 Å². The van der Waals surface area contributed by atoms with Gasteiger partial charge in [0.1, 0.15) is 17.1 Å². The number of carbonyl (C=O) groups excluding carboxylic acids is 2. The van der Waals surface area contributed by atoms with Crippen molar-refractivity contribution in [2.24, 2.45) is 5.73 Å². The zero-order chi connectivity index (χ0) is 21.1. The van der Waals surface area contributed by atoms with Crippen LogP contribution in [0.4, 0.5) is 0 Å². The number of nitrogens with zero attached hydrogens (tertiary/aromatic N) is 1. The highest BCUT2D eigenvalue weighted by atomic mass is 35.5. The third-order valence-corrected chi connectivity index (χ3v) is 6.57. The molecule has 162 valence electrons. The van der Waals surface area contributed by atoms with Crippen LogP contribution in [0.25, 0.3) is 0 Å². The molecular weight excluding hydrogens is 455 g/mol. The molecule has 2 aliphatic heterocycles. The van der Waals surface area contributed by atoms with Crippen molar-refractivity contribution in [3.05, 3.63) is 95.2 Å². The first-order valence-corrected chi connectivity index (χ1v) is 11.2. The molecule has 8 heteroatoms. The Kier molecular flexibility index (Phi) is 7.84. The van der Waals surface area contributed by atoms with Gasteiger partial charge in [-0.15, -0.1) is 35.8 Å². The number of alkyl halides is 1. The Morgan fingerprint density at radius 1 is 1.16 bits per heavy atom. The number of nitrogens with two attached hydrogens (primary N) is 1. The normalized spacial score (nSPS) is 20.4. The number of rotatable bonds is 6. The van der Waals surface area contributed by atoms with Crippen LogP contribution in [0, 0.1) is 0 Å². The van der Waals surface area contributed by atoms with Gasteiger partial charge in [-0.3, -0.25) is 9.69 Å². The second-order valence-corrected chi connectivity index (χ2v) is 8.39. The summed E-state index contributed by atoms with van der Waals surface area (Å²) in [5, 5.41) is -0.250. The summed E-state index contributed by atoms with van der Waals surface area (Å²) < 4.78 is 6.00. The number of esters is 1. The number of fused-ring (bicyclic) bond motifs is 1. The van der Waals surface area contributed by atoms with Crippen molar-refractivity contribution < 1.29 is 14.3 Å². The van der Waals surface area contributed by atoms with Gasteiger partial charge in [0.2, 0.25) is 5.91 Å². The highest BCUT2D eigenvalue weighted by Gasteiger charge is 2.52. The van der Waals surface area contributed by atoms with Crippen LogP contribution in [0.5, 0.6) is 0 Å². The summed E-state index contributed by atoms with van der Waals surface area (Å²) >= 11 is 7.33. The van der Waals surface area contributed by atoms with E-state index in [2.05, 4.69) is 0 Å². The fourth-order valence-electron chi connectivity index (χ4n) is 3.59. The number of benzene rings is 2. The van der Waals surface area contributed by atoms with E-state index in [0.717, 1.165) is 11.1 Å². The minimum Gasteiger partial charge on any atom is -0.448 e. The fraction of sp³-hybridized carbons (Fsp3) is 0.217. The summed E-state index contributed by atoms with van der Waals surface area (Å²) in [5.74, 6) is 0.0464. The minimum atomic E-state index is -0.601. The summed E-state index contributed by atoms with van der Waals surface area (Å²) in [4.78, 5) is 27.3. The molecule has 2 aliphatic rings. The standard InChI is InChI=1S/C23H21ClN2O3S.ClH/c24-13-7-12-17-14-30-22-18(25)21(27)26(22)19(17)23(28)29-20(15-8-3-1-4-9-15)16-10-5-2-6-11-16;/h1-12,18,20,22H,13-14,25H2;1H/b12-7-;/t18?,22-;/m1./s1. The number of β-lactam (4-membered cyclic amide) rings is 1. The first kappa shape index (κ1) is 23.4. The van der Waals surface area contributed by atoms with Gasteiger partial charge in [0.15, 0.2) is 6.10 Å². The molecule has 5 nitrogen and oxygen atoms in total. The monoisotopic (exact) mass is 476 g/mol. The van der Waals surface area contributed by atoms with E-state index in [1.54, 1.807) is 12.2 Å². The van der Waals surface area contributed by atoms with Crippen molar-refractivity contribution in [1.29, 1.82) is 0 Å². The highest BCUT2D eigenvalue weighted by Crippen LogP contribution is 2.41. The zero-order valence-electron chi connectivity index (χ0n) is 16.5. The molecule has 2 atom stereocenters. The number of hydrogen-bond donors (Lipinski definition) is 1. The number of hydrogen-bond acceptors (Lipinski definition) is 5. The lowest BCUT2D eigenvalue weighted by molar-refractivity contribution is -0.153. The van der Waals surface area contributed by atoms with E-state index in [1.807, 2.05) is 60.7 Å². The predicted molar refractivity (Wildman–Crippen MR) is 126 cm³/mol. The van der Waals surface area contributed by atoms with Gasteiger partial charge in [-0.2, -0.15) is 0 Å². The molecule has 0 saturated carbocycles. The molecule has 2 N–H and O–H groups in total. The van der Waals surface area contributed by atoms with Crippen LogP contribution in [0.3, 0.4) is 0 Å². The molecule has 0 spiro atoms. The van der Waals surface area contributed by atoms with Crippen molar-refractivity contribution in [2.75, 3.05) is 11.6 Å². The third-order valence-electron chi connectivity index (χ3n) is 5.07. The summed E-state index contributed by atoms with van der Waals surface area (Å²) in [6.45, 7) is 0. The Balaban J connectivity index is 0.00000272. The van der Waals surface area contributed by atoms with Crippen LogP contribution in [0.1, 0.15) is 17.2 Å². The van der Waals surface area contributed by atoms with Crippen molar-refractivity contribution in [3.8, 4) is 0 Å². The Bertz CT molecular complexity index is 959. The maximum atomic E-state index is 13.4. The second-order valence-electron chi connectivity index (χ2n) is 6.97. The number of amides is 1. The van der Waals surface area contributed by atoms with Crippen molar-refractivity contribution >= 4 is 47.6 Å². The molecule has 1 saturated heterocycles. The molecule has 2 aromatic carbocycles. The van der Waals surface area contributed by atoms with Gasteiger partial charge in [-0.25, -0.2) is 4.79 Å². The number of allylic oxidation sites excluding steroid dienone is 2. The molecule has 1 amide bonds. The van der Waals surface area contributed by atoms with Crippen molar-refractivity contribution in [2.45, 2.75) is 17.5 Å². The first-order valence-electron chi connectivity index (χ1n) is 9.58. The van der Waals surface area contributed by atoms with Crippen LogP contribution in [-0.2, 0) is 14.3 Å². The maximum absolute atomic E-state index is 13.4. The molecule has 2 aromatic rings. The average Bonchev–Trinajstić information content (AvgIpc) is 2.81. The number of ether oxygens (including phenoxy) is 1. The summed E-state index contributed by atoms with van der Waals surface area (Å²) in [7, 11) is 0. The topological polar surface area (TPSA) is 72.6 Å². The summed E-state index contributed by atoms with van der Waals surface area (Å²) in [6.07, 6.45) is 2.94. The quantitative estimate of drug-likeness (QED) is 0.387. The number of carbonyl (C=O) groups is 2. The second kappa shape index (κ2) is 10.4. The summed E-state index contributed by atoms with van der Waals surface area (Å²) in [5.41, 5.74) is 8.61. The van der Waals surface area contributed by atoms with Gasteiger partial charge in [0.05, 0.1) is 0 Å². The van der Waals surface area contributed by atoms with Crippen LogP contribution in [0.2, 0.25) is 0 Å². The van der Waals surface area contributed by atoms with Crippen molar-refractivity contribution in [1.82, 2.24) is 4.90 Å². The molecule has 2 heterocycles. The zero-order valence-corrected chi connectivity index (χ0v) is 18.9. The lowest BCUT2D eigenvalue weighted by Gasteiger charge is -2.48. The average molecular weight is 477 g/mol. The lowest BCUT2D eigenvalue weighted by atomic mass is 10.0. The van der Waals surface area contributed by atoms with E-state index in [0.29, 0.717) is 17.2 Å². The lowest BCUT2D eigenvalue weighted by Crippen LogP contribution is -2.68. The Morgan fingerprint density at radius 3 is 2.29 bits per heavy atom. The van der Waals surface area contributed by atoms with E-state index >= 15 is 0 Å². The van der Waals surface area contributed by atoms with Gasteiger partial charge in [-0.05, 0) is 16.7 Å². The van der Waals surface area contributed by atoms with Gasteiger partial charge >= 0.3 is 5.97 Å². The van der Waals surface area contributed by atoms with Crippen molar-refractivity contribution in [3.63, 3.8) is 0 Å². The van der Waals surface area contributed by atoms with Gasteiger partial charge < -0.3 is 10.5 Å². The molecule has 1 unspecified atom stereocenters. The third kappa shape index (κ3) is 4.67. The maximum Gasteiger partial charge on any atom is 0.356 e. The smallest absolute Gasteiger partial charge is 0.356 e. The van der Waals surface area contributed by atoms with Gasteiger partial charge in [0.25, 0.3) is 0 Å². The van der Waals surface area contributed by atoms with Crippen LogP contribution in [0.15, 0.2) is 84.1 Å². The largest absolute Gasteiger partial charge is 0.448 e. The van der Waals surface area contributed by atoms with E-state index < -0.39 is 18.1 Å². The predicted octanol–water partition coefficient (Wildman–Crippen LogP) is 4.03. The fourth-order valence-corrected chi connectivity index (χ4v) is 4.95. The van der Waals surface area contributed by atoms with E-state index in [1.165, 1.54) is 16.7 Å². The Labute approximate surface area is 196 Å². The van der Waals surface area contributed by atoms with Gasteiger partial charge in [-0.1, -0.05) is 72.8 Å². The molecule has 31 heavy (non-hydrogen) atoms. The Hall–Kier alpha value is -2.25. The van der Waals surface area contributed by atoms with E-state index in [9.17, 15) is 9.59 Å².